The van der Waals surface area contributed by atoms with E-state index in [1.807, 2.05) is 43.4 Å². The highest BCUT2D eigenvalue weighted by molar-refractivity contribution is 7.84. The first-order valence-electron chi connectivity index (χ1n) is 11.2. The first-order valence-corrected chi connectivity index (χ1v) is 12.8. The first kappa shape index (κ1) is 23.0. The highest BCUT2D eigenvalue weighted by atomic mass is 32.2. The lowest BCUT2D eigenvalue weighted by Gasteiger charge is -2.21. The molecule has 9 heteroatoms. The summed E-state index contributed by atoms with van der Waals surface area (Å²) in [6.45, 7) is 2.59. The molecule has 1 unspecified atom stereocenters. The van der Waals surface area contributed by atoms with E-state index in [9.17, 15) is 13.4 Å². The third kappa shape index (κ3) is 4.27. The zero-order valence-corrected chi connectivity index (χ0v) is 20.5. The fourth-order valence-corrected chi connectivity index (χ4v) is 5.00. The number of anilines is 1. The van der Waals surface area contributed by atoms with Gasteiger partial charge in [-0.2, -0.15) is 0 Å². The fraction of sp³-hybridized carbons (Fsp3) is 0.231. The number of amides is 1. The summed E-state index contributed by atoms with van der Waals surface area (Å²) in [7, 11) is 0.344. The van der Waals surface area contributed by atoms with Crippen molar-refractivity contribution in [3.63, 3.8) is 0 Å². The van der Waals surface area contributed by atoms with E-state index in [1.165, 1.54) is 12.3 Å². The van der Waals surface area contributed by atoms with Gasteiger partial charge in [-0.15, -0.1) is 0 Å². The number of halogens is 1. The van der Waals surface area contributed by atoms with Crippen molar-refractivity contribution >= 4 is 33.7 Å². The van der Waals surface area contributed by atoms with Crippen LogP contribution >= 0.6 is 0 Å². The Kier molecular flexibility index (Phi) is 6.02. The number of nitrogens with zero attached hydrogens (tertiary/aromatic N) is 2. The van der Waals surface area contributed by atoms with Crippen LogP contribution in [-0.2, 0) is 17.3 Å². The highest BCUT2D eigenvalue weighted by Crippen LogP contribution is 2.31. The quantitative estimate of drug-likeness (QED) is 0.438. The first-order chi connectivity index (χ1) is 16.9. The molecule has 0 spiro atoms. The van der Waals surface area contributed by atoms with Crippen LogP contribution in [0.4, 0.5) is 10.3 Å². The molecule has 2 N–H and O–H groups in total. The third-order valence-corrected chi connectivity index (χ3v) is 7.21. The van der Waals surface area contributed by atoms with E-state index in [0.29, 0.717) is 25.6 Å². The predicted molar refractivity (Wildman–Crippen MR) is 135 cm³/mol. The molecule has 35 heavy (non-hydrogen) atoms. The Balaban J connectivity index is 1.46. The molecule has 4 aromatic rings. The Morgan fingerprint density at radius 3 is 2.71 bits per heavy atom. The second kappa shape index (κ2) is 9.14. The Hall–Kier alpha value is -3.72. The summed E-state index contributed by atoms with van der Waals surface area (Å²) in [5, 5.41) is 3.01. The van der Waals surface area contributed by atoms with Gasteiger partial charge in [0.25, 0.3) is 5.91 Å². The summed E-state index contributed by atoms with van der Waals surface area (Å²) >= 11 is 0. The molecule has 0 fully saturated rings. The zero-order valence-electron chi connectivity index (χ0n) is 19.6. The summed E-state index contributed by atoms with van der Waals surface area (Å²) in [4.78, 5) is 22.8. The van der Waals surface area contributed by atoms with Crippen molar-refractivity contribution in [2.45, 2.75) is 18.4 Å². The minimum atomic E-state index is -1.47. The molecule has 0 aliphatic carbocycles. The molecule has 180 valence electrons. The zero-order chi connectivity index (χ0) is 24.7. The standard InChI is InChI=1S/C26H25FN4O3S/c1-15-19(6-9-23(24(15)27)35(3)33)25(32)31-10-11-34-22-8-5-16(12-18(22)14-31)17-4-7-20-21(13-17)30-26(28-2)29-20/h4-9,12-13H,10-11,14H2,1-3H3,(H2,28,29,30). The summed E-state index contributed by atoms with van der Waals surface area (Å²) < 4.78 is 32.4. The number of benzene rings is 3. The summed E-state index contributed by atoms with van der Waals surface area (Å²) in [5.41, 5.74) is 5.13. The van der Waals surface area contributed by atoms with Crippen LogP contribution < -0.4 is 10.1 Å². The van der Waals surface area contributed by atoms with E-state index in [2.05, 4.69) is 15.3 Å². The Morgan fingerprint density at radius 2 is 1.94 bits per heavy atom. The van der Waals surface area contributed by atoms with Gasteiger partial charge in [-0.05, 0) is 60.0 Å². The molecule has 1 aliphatic rings. The molecule has 1 aromatic heterocycles. The van der Waals surface area contributed by atoms with Crippen LogP contribution in [0.15, 0.2) is 53.4 Å². The largest absolute Gasteiger partial charge is 0.491 e. The number of carbonyl (C=O) groups is 1. The monoisotopic (exact) mass is 492 g/mol. The van der Waals surface area contributed by atoms with E-state index in [4.69, 9.17) is 4.74 Å². The molecular formula is C26H25FN4O3S. The van der Waals surface area contributed by atoms with Crippen LogP contribution in [0, 0.1) is 12.7 Å². The average molecular weight is 493 g/mol. The summed E-state index contributed by atoms with van der Waals surface area (Å²) in [6.07, 6.45) is 1.42. The van der Waals surface area contributed by atoms with Crippen LogP contribution in [0.5, 0.6) is 5.75 Å². The molecule has 0 saturated carbocycles. The second-order valence-corrected chi connectivity index (χ2v) is 9.82. The number of hydrogen-bond acceptors (Lipinski definition) is 5. The number of aromatic amines is 1. The molecule has 0 saturated heterocycles. The minimum absolute atomic E-state index is 0.101. The number of aromatic nitrogens is 2. The molecule has 1 aliphatic heterocycles. The number of carbonyl (C=O) groups excluding carboxylic acids is 1. The van der Waals surface area contributed by atoms with Crippen molar-refractivity contribution in [2.75, 3.05) is 31.8 Å². The van der Waals surface area contributed by atoms with E-state index in [1.54, 1.807) is 17.9 Å². The van der Waals surface area contributed by atoms with Crippen LogP contribution in [-0.4, -0.2) is 51.4 Å². The summed E-state index contributed by atoms with van der Waals surface area (Å²) in [5.74, 6) is 0.548. The lowest BCUT2D eigenvalue weighted by Crippen LogP contribution is -2.33. The van der Waals surface area contributed by atoms with E-state index < -0.39 is 16.6 Å². The number of nitrogens with one attached hydrogen (secondary N) is 2. The SMILES string of the molecule is CNc1nc2ccc(-c3ccc4c(c3)CN(C(=O)c3ccc(S(C)=O)c(F)c3C)CCO4)cc2[nH]1. The van der Waals surface area contributed by atoms with Crippen molar-refractivity contribution in [1.29, 1.82) is 0 Å². The third-order valence-electron chi connectivity index (χ3n) is 6.27. The normalized spacial score (nSPS) is 14.2. The van der Waals surface area contributed by atoms with Gasteiger partial charge in [-0.1, -0.05) is 12.1 Å². The molecule has 1 atom stereocenters. The predicted octanol–water partition coefficient (Wildman–Crippen LogP) is 4.49. The molecular weight excluding hydrogens is 467 g/mol. The van der Waals surface area contributed by atoms with Crippen LogP contribution in [0.3, 0.4) is 0 Å². The van der Waals surface area contributed by atoms with Crippen LogP contribution in [0.25, 0.3) is 22.2 Å². The highest BCUT2D eigenvalue weighted by Gasteiger charge is 2.25. The van der Waals surface area contributed by atoms with Gasteiger partial charge in [-0.3, -0.25) is 9.00 Å². The lowest BCUT2D eigenvalue weighted by molar-refractivity contribution is 0.0731. The van der Waals surface area contributed by atoms with Crippen molar-refractivity contribution in [2.24, 2.45) is 0 Å². The minimum Gasteiger partial charge on any atom is -0.491 e. The van der Waals surface area contributed by atoms with Gasteiger partial charge in [-0.25, -0.2) is 9.37 Å². The number of imidazole rings is 1. The van der Waals surface area contributed by atoms with E-state index >= 15 is 0 Å². The van der Waals surface area contributed by atoms with Gasteiger partial charge in [0.15, 0.2) is 0 Å². The Bertz CT molecular complexity index is 1480. The fourth-order valence-electron chi connectivity index (χ4n) is 4.34. The van der Waals surface area contributed by atoms with E-state index in [0.717, 1.165) is 33.5 Å². The van der Waals surface area contributed by atoms with Gasteiger partial charge < -0.3 is 19.9 Å². The number of rotatable bonds is 4. The van der Waals surface area contributed by atoms with E-state index in [-0.39, 0.29) is 21.9 Å². The smallest absolute Gasteiger partial charge is 0.254 e. The lowest BCUT2D eigenvalue weighted by atomic mass is 10.0. The maximum atomic E-state index is 14.7. The molecule has 5 rings (SSSR count). The maximum Gasteiger partial charge on any atom is 0.254 e. The Labute approximate surface area is 204 Å². The van der Waals surface area contributed by atoms with Crippen molar-refractivity contribution in [1.82, 2.24) is 14.9 Å². The van der Waals surface area contributed by atoms with Gasteiger partial charge in [0.2, 0.25) is 5.95 Å². The van der Waals surface area contributed by atoms with Gasteiger partial charge >= 0.3 is 0 Å². The molecule has 2 heterocycles. The Morgan fingerprint density at radius 1 is 1.17 bits per heavy atom. The average Bonchev–Trinajstić information content (AvgIpc) is 3.15. The molecule has 0 bridgehead atoms. The van der Waals surface area contributed by atoms with Gasteiger partial charge in [0.05, 0.1) is 33.3 Å². The van der Waals surface area contributed by atoms with Crippen LogP contribution in [0.2, 0.25) is 0 Å². The van der Waals surface area contributed by atoms with Gasteiger partial charge in [0.1, 0.15) is 18.2 Å². The molecule has 0 radical (unpaired) electrons. The van der Waals surface area contributed by atoms with Gasteiger partial charge in [0, 0.05) is 31.0 Å². The van der Waals surface area contributed by atoms with Crippen molar-refractivity contribution < 1.29 is 18.1 Å². The number of hydrogen-bond donors (Lipinski definition) is 2. The molecule has 3 aromatic carbocycles. The number of H-pyrrole nitrogens is 1. The number of ether oxygens (including phenoxy) is 1. The summed E-state index contributed by atoms with van der Waals surface area (Å²) in [6, 6.07) is 14.9. The number of fused-ring (bicyclic) bond motifs is 2. The van der Waals surface area contributed by atoms with Crippen molar-refractivity contribution in [3.8, 4) is 16.9 Å². The second-order valence-electron chi connectivity index (χ2n) is 8.47. The molecule has 1 amide bonds. The maximum absolute atomic E-state index is 14.7. The van der Waals surface area contributed by atoms with Crippen molar-refractivity contribution in [3.05, 3.63) is 71.0 Å². The topological polar surface area (TPSA) is 87.3 Å². The molecule has 7 nitrogen and oxygen atoms in total. The van der Waals surface area contributed by atoms with Crippen LogP contribution in [0.1, 0.15) is 21.5 Å².